The lowest BCUT2D eigenvalue weighted by molar-refractivity contribution is -0.120. The molecular weight excluding hydrogens is 352 g/mol. The number of fused-ring (bicyclic) bond motifs is 1. The van der Waals surface area contributed by atoms with Crippen LogP contribution in [0.3, 0.4) is 0 Å². The number of carbonyl (C=O) groups excluding carboxylic acids is 2. The number of pyridine rings is 1. The van der Waals surface area contributed by atoms with Crippen molar-refractivity contribution < 1.29 is 9.59 Å². The maximum atomic E-state index is 12.5. The molecule has 0 saturated heterocycles. The highest BCUT2D eigenvalue weighted by Crippen LogP contribution is 2.31. The van der Waals surface area contributed by atoms with Crippen LogP contribution in [0.1, 0.15) is 59.9 Å². The first kappa shape index (κ1) is 18.5. The Labute approximate surface area is 165 Å². The van der Waals surface area contributed by atoms with Crippen LogP contribution in [0.5, 0.6) is 0 Å². The van der Waals surface area contributed by atoms with E-state index in [1.54, 1.807) is 0 Å². The van der Waals surface area contributed by atoms with Crippen LogP contribution in [0.4, 0.5) is 11.5 Å². The topological polar surface area (TPSA) is 74.3 Å². The van der Waals surface area contributed by atoms with Gasteiger partial charge in [-0.2, -0.15) is 0 Å². The first-order chi connectivity index (χ1) is 13.5. The van der Waals surface area contributed by atoms with E-state index in [0.717, 1.165) is 42.6 Å². The molecule has 2 heterocycles. The summed E-state index contributed by atoms with van der Waals surface area (Å²) in [5, 5.41) is 6.06. The summed E-state index contributed by atoms with van der Waals surface area (Å²) in [5.41, 5.74) is 3.19. The van der Waals surface area contributed by atoms with Gasteiger partial charge in [0.25, 0.3) is 5.91 Å². The average molecular weight is 378 g/mol. The van der Waals surface area contributed by atoms with Crippen molar-refractivity contribution in [3.63, 3.8) is 0 Å². The summed E-state index contributed by atoms with van der Waals surface area (Å²) in [6.07, 6.45) is 5.18. The van der Waals surface area contributed by atoms with Gasteiger partial charge in [-0.05, 0) is 49.6 Å². The van der Waals surface area contributed by atoms with Crippen molar-refractivity contribution in [1.29, 1.82) is 0 Å². The standard InChI is InChI=1S/C22H26N4O2/c1-14-8-13-18-20(23-14)26(2)19(25-22(18)28)15-9-11-17(12-10-15)24-21(27)16-6-4-3-5-7-16/h8-13,16,19H,3-7H2,1-2H3,(H,24,27)(H,25,28)/t19-/m0/s1. The number of nitrogens with one attached hydrogen (secondary N) is 2. The number of aryl methyl sites for hydroxylation is 1. The zero-order valence-corrected chi connectivity index (χ0v) is 16.4. The number of carbonyl (C=O) groups is 2. The molecule has 1 aromatic heterocycles. The smallest absolute Gasteiger partial charge is 0.256 e. The molecule has 6 nitrogen and oxygen atoms in total. The van der Waals surface area contributed by atoms with Gasteiger partial charge in [0.15, 0.2) is 0 Å². The van der Waals surface area contributed by atoms with Crippen LogP contribution in [0.15, 0.2) is 36.4 Å². The summed E-state index contributed by atoms with van der Waals surface area (Å²) < 4.78 is 0. The zero-order chi connectivity index (χ0) is 19.7. The molecule has 2 aromatic rings. The van der Waals surface area contributed by atoms with Crippen LogP contribution >= 0.6 is 0 Å². The number of hydrogen-bond donors (Lipinski definition) is 2. The molecule has 1 atom stereocenters. The van der Waals surface area contributed by atoms with E-state index in [4.69, 9.17) is 0 Å². The molecule has 28 heavy (non-hydrogen) atoms. The third kappa shape index (κ3) is 3.59. The first-order valence-corrected chi connectivity index (χ1v) is 9.95. The van der Waals surface area contributed by atoms with Gasteiger partial charge in [0, 0.05) is 24.3 Å². The van der Waals surface area contributed by atoms with Crippen molar-refractivity contribution in [3.05, 3.63) is 53.2 Å². The largest absolute Gasteiger partial charge is 0.335 e. The molecule has 2 N–H and O–H groups in total. The Kier molecular flexibility index (Phi) is 5.03. The third-order valence-corrected chi connectivity index (χ3v) is 5.72. The Hall–Kier alpha value is -2.89. The van der Waals surface area contributed by atoms with Crippen molar-refractivity contribution >= 4 is 23.3 Å². The van der Waals surface area contributed by atoms with Crippen molar-refractivity contribution in [2.45, 2.75) is 45.2 Å². The van der Waals surface area contributed by atoms with Gasteiger partial charge in [0.1, 0.15) is 12.0 Å². The van der Waals surface area contributed by atoms with Gasteiger partial charge in [0.2, 0.25) is 5.91 Å². The van der Waals surface area contributed by atoms with Gasteiger partial charge in [-0.15, -0.1) is 0 Å². The number of benzene rings is 1. The Bertz CT molecular complexity index is 888. The monoisotopic (exact) mass is 378 g/mol. The molecule has 1 fully saturated rings. The molecule has 2 aliphatic rings. The number of hydrogen-bond acceptors (Lipinski definition) is 4. The van der Waals surface area contributed by atoms with Crippen LogP contribution in [0.2, 0.25) is 0 Å². The summed E-state index contributed by atoms with van der Waals surface area (Å²) in [6, 6.07) is 11.3. The van der Waals surface area contributed by atoms with E-state index in [1.807, 2.05) is 55.3 Å². The highest BCUT2D eigenvalue weighted by Gasteiger charge is 2.30. The van der Waals surface area contributed by atoms with Crippen molar-refractivity contribution in [2.75, 3.05) is 17.3 Å². The van der Waals surface area contributed by atoms with Crippen LogP contribution in [-0.2, 0) is 4.79 Å². The molecular formula is C22H26N4O2. The van der Waals surface area contributed by atoms with Gasteiger partial charge in [-0.3, -0.25) is 9.59 Å². The summed E-state index contributed by atoms with van der Waals surface area (Å²) >= 11 is 0. The first-order valence-electron chi connectivity index (χ1n) is 9.95. The van der Waals surface area contributed by atoms with E-state index in [2.05, 4.69) is 15.6 Å². The normalized spacial score (nSPS) is 19.7. The fourth-order valence-corrected chi connectivity index (χ4v) is 4.07. The number of rotatable bonds is 3. The van der Waals surface area contributed by atoms with Gasteiger partial charge in [-0.1, -0.05) is 31.4 Å². The number of nitrogens with zero attached hydrogens (tertiary/aromatic N) is 2. The summed E-state index contributed by atoms with van der Waals surface area (Å²) in [6.45, 7) is 1.92. The van der Waals surface area contributed by atoms with Gasteiger partial charge in [-0.25, -0.2) is 4.98 Å². The predicted molar refractivity (Wildman–Crippen MR) is 109 cm³/mol. The molecule has 6 heteroatoms. The third-order valence-electron chi connectivity index (χ3n) is 5.72. The summed E-state index contributed by atoms with van der Waals surface area (Å²) in [7, 11) is 1.92. The highest BCUT2D eigenvalue weighted by atomic mass is 16.2. The van der Waals surface area contributed by atoms with E-state index >= 15 is 0 Å². The minimum Gasteiger partial charge on any atom is -0.335 e. The van der Waals surface area contributed by atoms with Crippen LogP contribution < -0.4 is 15.5 Å². The Balaban J connectivity index is 1.49. The molecule has 0 radical (unpaired) electrons. The minimum atomic E-state index is -0.294. The number of aromatic nitrogens is 1. The molecule has 0 spiro atoms. The summed E-state index contributed by atoms with van der Waals surface area (Å²) in [4.78, 5) is 31.4. The molecule has 1 aliphatic heterocycles. The predicted octanol–water partition coefficient (Wildman–Crippen LogP) is 3.79. The van der Waals surface area contributed by atoms with Crippen molar-refractivity contribution in [1.82, 2.24) is 10.3 Å². The minimum absolute atomic E-state index is 0.115. The SMILES string of the molecule is Cc1ccc2c(n1)N(C)[C@@H](c1ccc(NC(=O)C3CCCCC3)cc1)NC2=O. The fraction of sp³-hybridized carbons (Fsp3) is 0.409. The lowest BCUT2D eigenvalue weighted by Gasteiger charge is -2.35. The molecule has 1 aromatic carbocycles. The van der Waals surface area contributed by atoms with E-state index in [1.165, 1.54) is 6.42 Å². The van der Waals surface area contributed by atoms with E-state index in [0.29, 0.717) is 11.4 Å². The molecule has 1 saturated carbocycles. The zero-order valence-electron chi connectivity index (χ0n) is 16.4. The second kappa shape index (κ2) is 7.62. The van der Waals surface area contributed by atoms with Crippen molar-refractivity contribution in [2.24, 2.45) is 5.92 Å². The molecule has 146 valence electrons. The van der Waals surface area contributed by atoms with Crippen molar-refractivity contribution in [3.8, 4) is 0 Å². The van der Waals surface area contributed by atoms with E-state index < -0.39 is 0 Å². The van der Waals surface area contributed by atoms with Crippen LogP contribution in [0, 0.1) is 12.8 Å². The fourth-order valence-electron chi connectivity index (χ4n) is 4.07. The molecule has 0 bridgehead atoms. The molecule has 4 rings (SSSR count). The summed E-state index contributed by atoms with van der Waals surface area (Å²) in [5.74, 6) is 0.802. The average Bonchev–Trinajstić information content (AvgIpc) is 2.72. The van der Waals surface area contributed by atoms with E-state index in [9.17, 15) is 9.59 Å². The Morgan fingerprint density at radius 2 is 1.82 bits per heavy atom. The quantitative estimate of drug-likeness (QED) is 0.852. The number of amides is 2. The lowest BCUT2D eigenvalue weighted by atomic mass is 9.88. The van der Waals surface area contributed by atoms with Gasteiger partial charge in [0.05, 0.1) is 5.56 Å². The molecule has 0 unspecified atom stereocenters. The molecule has 2 amide bonds. The van der Waals surface area contributed by atoms with Crippen LogP contribution in [-0.4, -0.2) is 23.8 Å². The Morgan fingerprint density at radius 1 is 1.11 bits per heavy atom. The maximum Gasteiger partial charge on any atom is 0.256 e. The second-order valence-electron chi connectivity index (χ2n) is 7.76. The van der Waals surface area contributed by atoms with E-state index in [-0.39, 0.29) is 23.9 Å². The van der Waals surface area contributed by atoms with Crippen LogP contribution in [0.25, 0.3) is 0 Å². The van der Waals surface area contributed by atoms with Gasteiger partial charge >= 0.3 is 0 Å². The molecule has 1 aliphatic carbocycles. The maximum absolute atomic E-state index is 12.5. The lowest BCUT2D eigenvalue weighted by Crippen LogP contribution is -2.45. The second-order valence-corrected chi connectivity index (χ2v) is 7.76. The highest BCUT2D eigenvalue weighted by molar-refractivity contribution is 6.01. The number of anilines is 2. The van der Waals surface area contributed by atoms with Gasteiger partial charge < -0.3 is 15.5 Å². The Morgan fingerprint density at radius 3 is 2.54 bits per heavy atom.